The minimum Gasteiger partial charge on any atom is -0.373 e. The molecular weight excluding hydrogens is 388 g/mol. The average Bonchev–Trinajstić information content (AvgIpc) is 2.85. The molecule has 174 valence electrons. The first kappa shape index (κ1) is 24.8. The number of rotatable bonds is 14. The smallest absolute Gasteiger partial charge is 0.0721 e. The minimum atomic E-state index is 0.601. The van der Waals surface area contributed by atoms with Crippen LogP contribution in [0.25, 0.3) is 11.1 Å². The van der Waals surface area contributed by atoms with Crippen molar-refractivity contribution in [1.29, 1.82) is 0 Å². The van der Waals surface area contributed by atoms with Crippen LogP contribution >= 0.6 is 0 Å². The molecule has 2 aromatic rings. The van der Waals surface area contributed by atoms with Gasteiger partial charge in [0.1, 0.15) is 0 Å². The van der Waals surface area contributed by atoms with Crippen molar-refractivity contribution in [1.82, 2.24) is 0 Å². The lowest BCUT2D eigenvalue weighted by molar-refractivity contribution is 0.149. The summed E-state index contributed by atoms with van der Waals surface area (Å²) in [6.07, 6.45) is 18.9. The van der Waals surface area contributed by atoms with Gasteiger partial charge in [-0.1, -0.05) is 113 Å². The first-order chi connectivity index (χ1) is 15.8. The maximum absolute atomic E-state index is 5.53. The van der Waals surface area contributed by atoms with Crippen LogP contribution in [-0.2, 0) is 11.3 Å². The van der Waals surface area contributed by atoms with Gasteiger partial charge in [0, 0.05) is 0 Å². The quantitative estimate of drug-likeness (QED) is 0.213. The highest BCUT2D eigenvalue weighted by Crippen LogP contribution is 2.38. The Kier molecular flexibility index (Phi) is 11.1. The molecule has 0 amide bonds. The standard InChI is InChI=1S/C31H44O/c1-3-5-6-7-8-9-10-11-26-12-16-28(17-13-26)30-20-22-31(23-21-30)29-18-14-27(15-19-29)25-32-24-4-2/h4,14-15,18-23,26,28H,2-3,5-13,16-17,24-25H2,1H3/t26-,28-. The molecule has 0 radical (unpaired) electrons. The van der Waals surface area contributed by atoms with E-state index in [2.05, 4.69) is 62.0 Å². The maximum Gasteiger partial charge on any atom is 0.0721 e. The van der Waals surface area contributed by atoms with Gasteiger partial charge in [-0.25, -0.2) is 0 Å². The van der Waals surface area contributed by atoms with Gasteiger partial charge < -0.3 is 4.74 Å². The SMILES string of the molecule is C=CCOCc1ccc(-c2ccc([C@H]3CC[C@H](CCCCCCCCC)CC3)cc2)cc1. The van der Waals surface area contributed by atoms with E-state index in [0.29, 0.717) is 13.2 Å². The molecule has 1 aliphatic rings. The van der Waals surface area contributed by atoms with Crippen molar-refractivity contribution in [3.8, 4) is 11.1 Å². The van der Waals surface area contributed by atoms with E-state index in [1.54, 1.807) is 6.08 Å². The molecule has 1 aliphatic carbocycles. The van der Waals surface area contributed by atoms with Crippen molar-refractivity contribution in [2.45, 2.75) is 96.5 Å². The Labute approximate surface area is 197 Å². The van der Waals surface area contributed by atoms with Gasteiger partial charge in [-0.15, -0.1) is 6.58 Å². The van der Waals surface area contributed by atoms with Gasteiger partial charge in [0.15, 0.2) is 0 Å². The van der Waals surface area contributed by atoms with Gasteiger partial charge in [0.05, 0.1) is 13.2 Å². The highest BCUT2D eigenvalue weighted by Gasteiger charge is 2.22. The van der Waals surface area contributed by atoms with Gasteiger partial charge in [0.25, 0.3) is 0 Å². The predicted molar refractivity (Wildman–Crippen MR) is 139 cm³/mol. The average molecular weight is 433 g/mol. The van der Waals surface area contributed by atoms with Crippen LogP contribution in [0, 0.1) is 5.92 Å². The number of unbranched alkanes of at least 4 members (excludes halogenated alkanes) is 6. The van der Waals surface area contributed by atoms with Crippen molar-refractivity contribution < 1.29 is 4.74 Å². The molecule has 0 atom stereocenters. The largest absolute Gasteiger partial charge is 0.373 e. The number of ether oxygens (including phenoxy) is 1. The Morgan fingerprint density at radius 3 is 2.00 bits per heavy atom. The first-order valence-electron chi connectivity index (χ1n) is 13.2. The molecule has 0 N–H and O–H groups in total. The zero-order valence-corrected chi connectivity index (χ0v) is 20.4. The van der Waals surface area contributed by atoms with E-state index >= 15 is 0 Å². The van der Waals surface area contributed by atoms with E-state index in [4.69, 9.17) is 4.74 Å². The molecule has 1 saturated carbocycles. The Morgan fingerprint density at radius 1 is 0.781 bits per heavy atom. The molecule has 0 aliphatic heterocycles. The summed E-state index contributed by atoms with van der Waals surface area (Å²) < 4.78 is 5.53. The molecular formula is C31H44O. The summed E-state index contributed by atoms with van der Waals surface area (Å²) in [6.45, 7) is 7.24. The zero-order chi connectivity index (χ0) is 22.4. The second-order valence-corrected chi connectivity index (χ2v) is 9.75. The fourth-order valence-electron chi connectivity index (χ4n) is 5.18. The van der Waals surface area contributed by atoms with Crippen molar-refractivity contribution in [3.05, 3.63) is 72.3 Å². The Balaban J connectivity index is 1.39. The van der Waals surface area contributed by atoms with E-state index < -0.39 is 0 Å². The zero-order valence-electron chi connectivity index (χ0n) is 20.4. The Morgan fingerprint density at radius 2 is 1.38 bits per heavy atom. The van der Waals surface area contributed by atoms with E-state index in [0.717, 1.165) is 11.8 Å². The van der Waals surface area contributed by atoms with E-state index in [1.807, 2.05) is 0 Å². The molecule has 1 nitrogen and oxygen atoms in total. The van der Waals surface area contributed by atoms with Crippen LogP contribution in [-0.4, -0.2) is 6.61 Å². The summed E-state index contributed by atoms with van der Waals surface area (Å²) in [7, 11) is 0. The molecule has 0 unspecified atom stereocenters. The van der Waals surface area contributed by atoms with E-state index in [-0.39, 0.29) is 0 Å². The fourth-order valence-corrected chi connectivity index (χ4v) is 5.18. The van der Waals surface area contributed by atoms with Crippen LogP contribution in [0.4, 0.5) is 0 Å². The van der Waals surface area contributed by atoms with Crippen LogP contribution < -0.4 is 0 Å². The molecule has 0 spiro atoms. The number of benzene rings is 2. The molecule has 32 heavy (non-hydrogen) atoms. The summed E-state index contributed by atoms with van der Waals surface area (Å²) in [4.78, 5) is 0. The second-order valence-electron chi connectivity index (χ2n) is 9.75. The summed E-state index contributed by atoms with van der Waals surface area (Å²) in [6, 6.07) is 18.1. The topological polar surface area (TPSA) is 9.23 Å². The van der Waals surface area contributed by atoms with Gasteiger partial charge in [-0.3, -0.25) is 0 Å². The fraction of sp³-hybridized carbons (Fsp3) is 0.548. The third-order valence-corrected chi connectivity index (χ3v) is 7.24. The molecule has 0 saturated heterocycles. The summed E-state index contributed by atoms with van der Waals surface area (Å²) >= 11 is 0. The summed E-state index contributed by atoms with van der Waals surface area (Å²) in [5.41, 5.74) is 5.33. The maximum atomic E-state index is 5.53. The van der Waals surface area contributed by atoms with Crippen molar-refractivity contribution in [2.24, 2.45) is 5.92 Å². The minimum absolute atomic E-state index is 0.601. The molecule has 0 heterocycles. The lowest BCUT2D eigenvalue weighted by atomic mass is 9.77. The van der Waals surface area contributed by atoms with E-state index in [9.17, 15) is 0 Å². The van der Waals surface area contributed by atoms with Crippen molar-refractivity contribution in [2.75, 3.05) is 6.61 Å². The molecule has 0 aromatic heterocycles. The molecule has 0 bridgehead atoms. The normalized spacial score (nSPS) is 18.5. The molecule has 1 heteroatoms. The van der Waals surface area contributed by atoms with Gasteiger partial charge in [-0.2, -0.15) is 0 Å². The second kappa shape index (κ2) is 14.3. The highest BCUT2D eigenvalue weighted by molar-refractivity contribution is 5.64. The highest BCUT2D eigenvalue weighted by atomic mass is 16.5. The molecule has 1 fully saturated rings. The lowest BCUT2D eigenvalue weighted by Crippen LogP contribution is -2.13. The van der Waals surface area contributed by atoms with Gasteiger partial charge in [0.2, 0.25) is 0 Å². The summed E-state index contributed by atoms with van der Waals surface area (Å²) in [5.74, 6) is 1.74. The number of hydrogen-bond acceptors (Lipinski definition) is 1. The third-order valence-electron chi connectivity index (χ3n) is 7.24. The summed E-state index contributed by atoms with van der Waals surface area (Å²) in [5, 5.41) is 0. The van der Waals surface area contributed by atoms with Crippen LogP contribution in [0.5, 0.6) is 0 Å². The Bertz CT molecular complexity index is 750. The predicted octanol–water partition coefficient (Wildman–Crippen LogP) is 9.47. The van der Waals surface area contributed by atoms with Crippen LogP contribution in [0.1, 0.15) is 101 Å². The number of hydrogen-bond donors (Lipinski definition) is 0. The molecule has 2 aromatic carbocycles. The first-order valence-corrected chi connectivity index (χ1v) is 13.2. The van der Waals surface area contributed by atoms with Crippen LogP contribution in [0.2, 0.25) is 0 Å². The Hall–Kier alpha value is -1.86. The molecule has 3 rings (SSSR count). The van der Waals surface area contributed by atoms with E-state index in [1.165, 1.54) is 99.3 Å². The van der Waals surface area contributed by atoms with Crippen molar-refractivity contribution in [3.63, 3.8) is 0 Å². The van der Waals surface area contributed by atoms with Crippen molar-refractivity contribution >= 4 is 0 Å². The monoisotopic (exact) mass is 432 g/mol. The third kappa shape index (κ3) is 8.24. The lowest BCUT2D eigenvalue weighted by Gasteiger charge is -2.29. The van der Waals surface area contributed by atoms with Crippen LogP contribution in [0.3, 0.4) is 0 Å². The van der Waals surface area contributed by atoms with Gasteiger partial charge >= 0.3 is 0 Å². The van der Waals surface area contributed by atoms with Crippen LogP contribution in [0.15, 0.2) is 61.2 Å². The van der Waals surface area contributed by atoms with Gasteiger partial charge in [-0.05, 0) is 59.8 Å².